The van der Waals surface area contributed by atoms with Gasteiger partial charge in [0.05, 0.1) is 38.5 Å². The zero-order valence-corrected chi connectivity index (χ0v) is 13.9. The Hall–Kier alpha value is -3.11. The molecule has 0 aliphatic carbocycles. The lowest BCUT2D eigenvalue weighted by Crippen LogP contribution is -1.99. The van der Waals surface area contributed by atoms with Crippen molar-refractivity contribution in [2.45, 2.75) is 0 Å². The first kappa shape index (κ1) is 14.3. The topological polar surface area (TPSA) is 35.6 Å². The molecule has 0 radical (unpaired) electrons. The second kappa shape index (κ2) is 5.46. The molecule has 2 heterocycles. The van der Waals surface area contributed by atoms with Gasteiger partial charge in [0, 0.05) is 0 Å². The van der Waals surface area contributed by atoms with E-state index in [2.05, 4.69) is 9.97 Å². The quantitative estimate of drug-likeness (QED) is 0.451. The normalized spacial score (nSPS) is 11.4. The molecule has 2 aromatic heterocycles. The highest BCUT2D eigenvalue weighted by Gasteiger charge is 2.13. The van der Waals surface area contributed by atoms with E-state index in [-0.39, 0.29) is 0 Å². The van der Waals surface area contributed by atoms with Crippen molar-refractivity contribution in [2.24, 2.45) is 0 Å². The molecule has 5 rings (SSSR count). The number of hydrogen-bond donors (Lipinski definition) is 0. The van der Waals surface area contributed by atoms with Gasteiger partial charge in [-0.05, 0) is 36.4 Å². The number of rotatable bonds is 2. The third-order valence-corrected chi connectivity index (χ3v) is 4.77. The monoisotopic (exact) mass is 344 g/mol. The summed E-state index contributed by atoms with van der Waals surface area (Å²) < 4.78 is 4.03. The SMILES string of the molecule is Clc1c(-n2cnc3ccccc32)cccc1-n1cnc2ccccc21. The standard InChI is InChI=1S/C20H13ClN4/c21-20-18(24-12-22-14-6-1-3-8-16(14)24)10-5-11-19(20)25-13-23-15-7-2-4-9-17(15)25/h1-13H. The molecule has 0 N–H and O–H groups in total. The number of hydrogen-bond acceptors (Lipinski definition) is 2. The number of nitrogens with zero attached hydrogens (tertiary/aromatic N) is 4. The second-order valence-electron chi connectivity index (χ2n) is 5.82. The fraction of sp³-hybridized carbons (Fsp3) is 0. The molecule has 0 atom stereocenters. The van der Waals surface area contributed by atoms with Gasteiger partial charge in [-0.3, -0.25) is 9.13 Å². The molecule has 0 bridgehead atoms. The van der Waals surface area contributed by atoms with E-state index in [4.69, 9.17) is 11.6 Å². The third kappa shape index (κ3) is 2.15. The van der Waals surface area contributed by atoms with Gasteiger partial charge in [0.15, 0.2) is 0 Å². The van der Waals surface area contributed by atoms with Gasteiger partial charge in [-0.2, -0.15) is 0 Å². The molecular weight excluding hydrogens is 332 g/mol. The van der Waals surface area contributed by atoms with Crippen LogP contribution in [0.15, 0.2) is 79.4 Å². The maximum atomic E-state index is 6.80. The first-order valence-corrected chi connectivity index (χ1v) is 8.34. The van der Waals surface area contributed by atoms with E-state index < -0.39 is 0 Å². The van der Waals surface area contributed by atoms with E-state index >= 15 is 0 Å². The van der Waals surface area contributed by atoms with Gasteiger partial charge in [-0.15, -0.1) is 0 Å². The molecule has 4 nitrogen and oxygen atoms in total. The van der Waals surface area contributed by atoms with Gasteiger partial charge in [-0.1, -0.05) is 41.9 Å². The van der Waals surface area contributed by atoms with Gasteiger partial charge in [0.25, 0.3) is 0 Å². The highest BCUT2D eigenvalue weighted by Crippen LogP contribution is 2.31. The van der Waals surface area contributed by atoms with E-state index in [0.717, 1.165) is 33.4 Å². The van der Waals surface area contributed by atoms with Crippen molar-refractivity contribution in [1.82, 2.24) is 19.1 Å². The summed E-state index contributed by atoms with van der Waals surface area (Å²) in [5.41, 5.74) is 5.72. The van der Waals surface area contributed by atoms with Crippen LogP contribution in [0.2, 0.25) is 5.02 Å². The summed E-state index contributed by atoms with van der Waals surface area (Å²) in [6.07, 6.45) is 3.61. The van der Waals surface area contributed by atoms with E-state index in [1.807, 2.05) is 88.5 Å². The Kier molecular flexibility index (Phi) is 3.11. The van der Waals surface area contributed by atoms with Crippen LogP contribution in [-0.4, -0.2) is 19.1 Å². The fourth-order valence-corrected chi connectivity index (χ4v) is 3.49. The lowest BCUT2D eigenvalue weighted by atomic mass is 10.2. The van der Waals surface area contributed by atoms with Crippen LogP contribution in [0.5, 0.6) is 0 Å². The third-order valence-electron chi connectivity index (χ3n) is 4.38. The Balaban J connectivity index is 1.75. The molecule has 25 heavy (non-hydrogen) atoms. The number of imidazole rings is 2. The van der Waals surface area contributed by atoms with Crippen molar-refractivity contribution in [3.8, 4) is 11.4 Å². The molecule has 0 amide bonds. The molecule has 0 fully saturated rings. The van der Waals surface area contributed by atoms with Crippen molar-refractivity contribution in [3.63, 3.8) is 0 Å². The number of halogens is 1. The highest BCUT2D eigenvalue weighted by atomic mass is 35.5. The summed E-state index contributed by atoms with van der Waals surface area (Å²) in [7, 11) is 0. The average molecular weight is 345 g/mol. The molecule has 3 aromatic carbocycles. The average Bonchev–Trinajstić information content (AvgIpc) is 3.26. The van der Waals surface area contributed by atoms with Crippen LogP contribution >= 0.6 is 11.6 Å². The molecule has 0 spiro atoms. The largest absolute Gasteiger partial charge is 0.297 e. The van der Waals surface area contributed by atoms with Crippen molar-refractivity contribution < 1.29 is 0 Å². The van der Waals surface area contributed by atoms with E-state index in [0.29, 0.717) is 5.02 Å². The van der Waals surface area contributed by atoms with Gasteiger partial charge >= 0.3 is 0 Å². The first-order chi connectivity index (χ1) is 12.3. The summed E-state index contributed by atoms with van der Waals surface area (Å²) in [5.74, 6) is 0. The van der Waals surface area contributed by atoms with E-state index in [1.54, 1.807) is 0 Å². The minimum absolute atomic E-state index is 0.661. The predicted molar refractivity (Wildman–Crippen MR) is 101 cm³/mol. The summed E-state index contributed by atoms with van der Waals surface area (Å²) in [4.78, 5) is 8.93. The zero-order valence-electron chi connectivity index (χ0n) is 13.2. The number of aromatic nitrogens is 4. The van der Waals surface area contributed by atoms with E-state index in [9.17, 15) is 0 Å². The lowest BCUT2D eigenvalue weighted by Gasteiger charge is -2.12. The molecule has 0 saturated heterocycles. The molecule has 0 saturated carbocycles. The summed E-state index contributed by atoms with van der Waals surface area (Å²) >= 11 is 6.80. The number of para-hydroxylation sites is 4. The van der Waals surface area contributed by atoms with Gasteiger partial charge in [-0.25, -0.2) is 9.97 Å². The molecule has 120 valence electrons. The van der Waals surface area contributed by atoms with Crippen LogP contribution in [0.3, 0.4) is 0 Å². The van der Waals surface area contributed by atoms with Crippen LogP contribution in [0.1, 0.15) is 0 Å². The smallest absolute Gasteiger partial charge is 0.100 e. The minimum atomic E-state index is 0.661. The zero-order chi connectivity index (χ0) is 16.8. The summed E-state index contributed by atoms with van der Waals surface area (Å²) in [5, 5.41) is 0.661. The van der Waals surface area contributed by atoms with Crippen LogP contribution in [0.4, 0.5) is 0 Å². The lowest BCUT2D eigenvalue weighted by molar-refractivity contribution is 1.06. The maximum absolute atomic E-state index is 6.80. The molecule has 0 aliphatic heterocycles. The first-order valence-electron chi connectivity index (χ1n) is 7.96. The van der Waals surface area contributed by atoms with Gasteiger partial charge in [0.2, 0.25) is 0 Å². The number of fused-ring (bicyclic) bond motifs is 2. The van der Waals surface area contributed by atoms with Crippen LogP contribution in [0.25, 0.3) is 33.4 Å². The minimum Gasteiger partial charge on any atom is -0.297 e. The fourth-order valence-electron chi connectivity index (χ4n) is 3.18. The van der Waals surface area contributed by atoms with Crippen LogP contribution in [-0.2, 0) is 0 Å². The van der Waals surface area contributed by atoms with Gasteiger partial charge < -0.3 is 0 Å². The van der Waals surface area contributed by atoms with E-state index in [1.165, 1.54) is 0 Å². The van der Waals surface area contributed by atoms with Crippen molar-refractivity contribution in [1.29, 1.82) is 0 Å². The predicted octanol–water partition coefficient (Wildman–Crippen LogP) is 5.02. The Morgan fingerprint density at radius 3 is 1.60 bits per heavy atom. The Morgan fingerprint density at radius 1 is 0.600 bits per heavy atom. The van der Waals surface area contributed by atoms with Gasteiger partial charge in [0.1, 0.15) is 12.7 Å². The summed E-state index contributed by atoms with van der Waals surface area (Å²) in [6, 6.07) is 22.0. The molecule has 5 heteroatoms. The molecule has 0 unspecified atom stereocenters. The molecule has 5 aromatic rings. The maximum Gasteiger partial charge on any atom is 0.100 e. The Morgan fingerprint density at radius 2 is 1.08 bits per heavy atom. The number of benzene rings is 3. The van der Waals surface area contributed by atoms with Crippen LogP contribution in [0, 0.1) is 0 Å². The van der Waals surface area contributed by atoms with Crippen molar-refractivity contribution in [2.75, 3.05) is 0 Å². The van der Waals surface area contributed by atoms with Crippen molar-refractivity contribution in [3.05, 3.63) is 84.4 Å². The Bertz CT molecular complexity index is 1130. The summed E-state index contributed by atoms with van der Waals surface area (Å²) in [6.45, 7) is 0. The van der Waals surface area contributed by atoms with Crippen LogP contribution < -0.4 is 0 Å². The highest BCUT2D eigenvalue weighted by molar-refractivity contribution is 6.34. The van der Waals surface area contributed by atoms with Crippen molar-refractivity contribution >= 4 is 33.7 Å². The molecule has 0 aliphatic rings. The Labute approximate surface area is 148 Å². The molecular formula is C20H13ClN4. The second-order valence-corrected chi connectivity index (χ2v) is 6.19.